The monoisotopic (exact) mass is 392 g/mol. The summed E-state index contributed by atoms with van der Waals surface area (Å²) in [6.07, 6.45) is 3.60. The molecule has 1 heterocycles. The standard InChI is InChI=1S/C18H20N2O4S2/c1-2-3-9-13(17(23)24)19-15(21)11-20-16(22)14(26-18(20)25)10-12-7-5-4-6-8-12/h4-8,10,13H,2-3,9,11H2,1H3,(H,19,21)(H,23,24)/b14-10+. The zero-order valence-corrected chi connectivity index (χ0v) is 15.9. The van der Waals surface area contributed by atoms with Crippen LogP contribution in [0.5, 0.6) is 0 Å². The van der Waals surface area contributed by atoms with Crippen LogP contribution in [0.1, 0.15) is 31.7 Å². The van der Waals surface area contributed by atoms with E-state index >= 15 is 0 Å². The van der Waals surface area contributed by atoms with Crippen LogP contribution in [0.4, 0.5) is 0 Å². The molecule has 6 nitrogen and oxygen atoms in total. The van der Waals surface area contributed by atoms with E-state index < -0.39 is 17.9 Å². The first kappa shape index (κ1) is 20.1. The van der Waals surface area contributed by atoms with Gasteiger partial charge in [-0.05, 0) is 18.1 Å². The van der Waals surface area contributed by atoms with Gasteiger partial charge in [-0.25, -0.2) is 4.79 Å². The second-order valence-corrected chi connectivity index (χ2v) is 7.45. The molecule has 1 atom stereocenters. The van der Waals surface area contributed by atoms with Crippen molar-refractivity contribution in [3.8, 4) is 0 Å². The highest BCUT2D eigenvalue weighted by Gasteiger charge is 2.34. The zero-order valence-electron chi connectivity index (χ0n) is 14.3. The number of carbonyl (C=O) groups is 3. The molecule has 1 fully saturated rings. The lowest BCUT2D eigenvalue weighted by Crippen LogP contribution is -2.46. The van der Waals surface area contributed by atoms with Gasteiger partial charge in [0.05, 0.1) is 4.91 Å². The fourth-order valence-corrected chi connectivity index (χ4v) is 3.64. The molecule has 26 heavy (non-hydrogen) atoms. The van der Waals surface area contributed by atoms with E-state index in [1.807, 2.05) is 37.3 Å². The number of rotatable bonds is 8. The molecule has 1 aromatic rings. The maximum Gasteiger partial charge on any atom is 0.326 e. The van der Waals surface area contributed by atoms with Gasteiger partial charge < -0.3 is 10.4 Å². The number of nitrogens with zero attached hydrogens (tertiary/aromatic N) is 1. The summed E-state index contributed by atoms with van der Waals surface area (Å²) in [7, 11) is 0. The summed E-state index contributed by atoms with van der Waals surface area (Å²) in [5.41, 5.74) is 0.864. The Morgan fingerprint density at radius 1 is 1.35 bits per heavy atom. The molecule has 8 heteroatoms. The quantitative estimate of drug-likeness (QED) is 0.522. The average molecular weight is 393 g/mol. The van der Waals surface area contributed by atoms with E-state index in [4.69, 9.17) is 12.2 Å². The van der Waals surface area contributed by atoms with E-state index in [1.165, 1.54) is 4.90 Å². The van der Waals surface area contributed by atoms with Crippen molar-refractivity contribution >= 4 is 52.2 Å². The molecule has 0 aromatic heterocycles. The minimum absolute atomic E-state index is 0.285. The topological polar surface area (TPSA) is 86.7 Å². The van der Waals surface area contributed by atoms with Gasteiger partial charge in [0, 0.05) is 0 Å². The van der Waals surface area contributed by atoms with Crippen molar-refractivity contribution in [1.82, 2.24) is 10.2 Å². The number of hydrogen-bond donors (Lipinski definition) is 2. The van der Waals surface area contributed by atoms with E-state index in [0.29, 0.717) is 17.7 Å². The molecular weight excluding hydrogens is 372 g/mol. The lowest BCUT2D eigenvalue weighted by atomic mass is 10.1. The van der Waals surface area contributed by atoms with Gasteiger partial charge in [0.2, 0.25) is 5.91 Å². The molecule has 1 aromatic carbocycles. The lowest BCUT2D eigenvalue weighted by Gasteiger charge is -2.17. The molecule has 1 unspecified atom stereocenters. The Hall–Kier alpha value is -2.19. The summed E-state index contributed by atoms with van der Waals surface area (Å²) >= 11 is 6.33. The van der Waals surface area contributed by atoms with E-state index in [-0.39, 0.29) is 16.8 Å². The van der Waals surface area contributed by atoms with Crippen LogP contribution >= 0.6 is 24.0 Å². The Bertz CT molecular complexity index is 734. The first-order chi connectivity index (χ1) is 12.4. The smallest absolute Gasteiger partial charge is 0.326 e. The van der Waals surface area contributed by atoms with E-state index in [2.05, 4.69) is 5.32 Å². The number of benzene rings is 1. The third-order valence-corrected chi connectivity index (χ3v) is 5.13. The summed E-state index contributed by atoms with van der Waals surface area (Å²) in [5.74, 6) is -1.97. The summed E-state index contributed by atoms with van der Waals surface area (Å²) in [6, 6.07) is 8.38. The number of nitrogens with one attached hydrogen (secondary N) is 1. The maximum atomic E-state index is 12.5. The van der Waals surface area contributed by atoms with Gasteiger partial charge in [-0.2, -0.15) is 0 Å². The molecule has 2 amide bonds. The Labute approximate surface area is 161 Å². The zero-order chi connectivity index (χ0) is 19.1. The number of hydrogen-bond acceptors (Lipinski definition) is 5. The van der Waals surface area contributed by atoms with Crippen molar-refractivity contribution < 1.29 is 19.5 Å². The van der Waals surface area contributed by atoms with E-state index in [1.54, 1.807) is 6.08 Å². The van der Waals surface area contributed by atoms with Crippen LogP contribution in [-0.2, 0) is 14.4 Å². The molecule has 1 aliphatic heterocycles. The molecule has 1 saturated heterocycles. The van der Waals surface area contributed by atoms with Crippen LogP contribution in [0.2, 0.25) is 0 Å². The summed E-state index contributed by atoms with van der Waals surface area (Å²) in [5, 5.41) is 11.6. The van der Waals surface area contributed by atoms with Gasteiger partial charge in [0.25, 0.3) is 5.91 Å². The molecule has 2 N–H and O–H groups in total. The Kier molecular flexibility index (Phi) is 7.35. The molecule has 0 saturated carbocycles. The Morgan fingerprint density at radius 2 is 2.04 bits per heavy atom. The molecule has 0 bridgehead atoms. The highest BCUT2D eigenvalue weighted by Crippen LogP contribution is 2.32. The van der Waals surface area contributed by atoms with Gasteiger partial charge in [-0.15, -0.1) is 0 Å². The normalized spacial score (nSPS) is 16.8. The predicted octanol–water partition coefficient (Wildman–Crippen LogP) is 2.65. The van der Waals surface area contributed by atoms with Crippen molar-refractivity contribution in [1.29, 1.82) is 0 Å². The molecule has 0 radical (unpaired) electrons. The fraction of sp³-hybridized carbons (Fsp3) is 0.333. The number of aliphatic carboxylic acids is 1. The van der Waals surface area contributed by atoms with Crippen molar-refractivity contribution in [2.24, 2.45) is 0 Å². The minimum atomic E-state index is -1.08. The van der Waals surface area contributed by atoms with E-state index in [0.717, 1.165) is 23.7 Å². The number of thioether (sulfide) groups is 1. The van der Waals surface area contributed by atoms with Crippen LogP contribution in [0, 0.1) is 0 Å². The molecule has 0 spiro atoms. The SMILES string of the molecule is CCCCC(NC(=O)CN1C(=O)/C(=C\c2ccccc2)SC1=S)C(=O)O. The van der Waals surface area contributed by atoms with Crippen molar-refractivity contribution in [2.45, 2.75) is 32.2 Å². The molecule has 138 valence electrons. The number of unbranched alkanes of at least 4 members (excludes halogenated alkanes) is 1. The second kappa shape index (κ2) is 9.49. The number of carboxylic acids is 1. The average Bonchev–Trinajstić information content (AvgIpc) is 2.86. The highest BCUT2D eigenvalue weighted by atomic mass is 32.2. The predicted molar refractivity (Wildman–Crippen MR) is 105 cm³/mol. The van der Waals surface area contributed by atoms with Crippen LogP contribution in [0.15, 0.2) is 35.2 Å². The lowest BCUT2D eigenvalue weighted by molar-refractivity contribution is -0.142. The minimum Gasteiger partial charge on any atom is -0.480 e. The molecule has 2 rings (SSSR count). The van der Waals surface area contributed by atoms with Crippen LogP contribution in [-0.4, -0.2) is 44.7 Å². The highest BCUT2D eigenvalue weighted by molar-refractivity contribution is 8.26. The Morgan fingerprint density at radius 3 is 2.65 bits per heavy atom. The Balaban J connectivity index is 2.01. The van der Waals surface area contributed by atoms with Gasteiger partial charge in [-0.3, -0.25) is 14.5 Å². The van der Waals surface area contributed by atoms with E-state index in [9.17, 15) is 19.5 Å². The van der Waals surface area contributed by atoms with Gasteiger partial charge >= 0.3 is 5.97 Å². The van der Waals surface area contributed by atoms with Crippen molar-refractivity contribution in [3.63, 3.8) is 0 Å². The summed E-state index contributed by atoms with van der Waals surface area (Å²) in [4.78, 5) is 37.5. The third-order valence-electron chi connectivity index (χ3n) is 3.75. The van der Waals surface area contributed by atoms with Gasteiger partial charge in [0.15, 0.2) is 0 Å². The first-order valence-corrected chi connectivity index (χ1v) is 9.47. The van der Waals surface area contributed by atoms with Gasteiger partial charge in [-0.1, -0.05) is 74.1 Å². The molecule has 1 aliphatic rings. The molecule has 0 aliphatic carbocycles. The van der Waals surface area contributed by atoms with Crippen LogP contribution in [0.3, 0.4) is 0 Å². The first-order valence-electron chi connectivity index (χ1n) is 8.25. The largest absolute Gasteiger partial charge is 0.480 e. The van der Waals surface area contributed by atoms with Crippen molar-refractivity contribution in [3.05, 3.63) is 40.8 Å². The fourth-order valence-electron chi connectivity index (χ4n) is 2.39. The molecular formula is C18H20N2O4S2. The van der Waals surface area contributed by atoms with Crippen LogP contribution < -0.4 is 5.32 Å². The summed E-state index contributed by atoms with van der Waals surface area (Å²) in [6.45, 7) is 1.66. The maximum absolute atomic E-state index is 12.5. The van der Waals surface area contributed by atoms with Gasteiger partial charge in [0.1, 0.15) is 16.9 Å². The number of thiocarbonyl (C=S) groups is 1. The van der Waals surface area contributed by atoms with Crippen molar-refractivity contribution in [2.75, 3.05) is 6.54 Å². The third kappa shape index (κ3) is 5.40. The number of carboxylic acid groups (broad SMARTS) is 1. The number of carbonyl (C=O) groups excluding carboxylic acids is 2. The number of amides is 2. The van der Waals surface area contributed by atoms with Crippen LogP contribution in [0.25, 0.3) is 6.08 Å². The summed E-state index contributed by atoms with van der Waals surface area (Å²) < 4.78 is 0.285. The second-order valence-electron chi connectivity index (χ2n) is 5.78.